The van der Waals surface area contributed by atoms with E-state index in [2.05, 4.69) is 22.3 Å². The van der Waals surface area contributed by atoms with Gasteiger partial charge in [0.2, 0.25) is 5.91 Å². The normalized spacial score (nSPS) is 15.7. The van der Waals surface area contributed by atoms with Gasteiger partial charge in [0.05, 0.1) is 5.41 Å². The minimum atomic E-state index is -0.441. The summed E-state index contributed by atoms with van der Waals surface area (Å²) in [5.41, 5.74) is 6.54. The molecule has 1 amide bonds. The zero-order valence-electron chi connectivity index (χ0n) is 13.5. The number of hydrogen-bond acceptors (Lipinski definition) is 4. The van der Waals surface area contributed by atoms with E-state index in [0.29, 0.717) is 39.1 Å². The predicted molar refractivity (Wildman–Crippen MR) is 98.8 cm³/mol. The van der Waals surface area contributed by atoms with E-state index in [1.807, 2.05) is 25.2 Å². The third-order valence-electron chi connectivity index (χ3n) is 4.25. The van der Waals surface area contributed by atoms with Crippen LogP contribution in [-0.2, 0) is 9.53 Å². The van der Waals surface area contributed by atoms with Gasteiger partial charge in [-0.1, -0.05) is 18.2 Å². The van der Waals surface area contributed by atoms with Crippen LogP contribution in [0.2, 0.25) is 0 Å². The molecule has 1 aromatic rings. The SMILES string of the molecule is CN(CCNC(=O)C1(CN)CCOCC1)c1ccccc1.Cl.Cl. The van der Waals surface area contributed by atoms with E-state index in [4.69, 9.17) is 10.5 Å². The third kappa shape index (κ3) is 5.84. The third-order valence-corrected chi connectivity index (χ3v) is 4.25. The molecule has 0 unspecified atom stereocenters. The zero-order chi connectivity index (χ0) is 15.1. The highest BCUT2D eigenvalue weighted by molar-refractivity contribution is 5.85. The number of anilines is 1. The molecular formula is C16H27Cl2N3O2. The molecule has 5 nitrogen and oxygen atoms in total. The van der Waals surface area contributed by atoms with Gasteiger partial charge < -0.3 is 20.7 Å². The Morgan fingerprint density at radius 3 is 2.43 bits per heavy atom. The Labute approximate surface area is 150 Å². The molecule has 2 rings (SSSR count). The van der Waals surface area contributed by atoms with Crippen molar-refractivity contribution >= 4 is 36.4 Å². The van der Waals surface area contributed by atoms with Gasteiger partial charge in [-0.25, -0.2) is 0 Å². The average Bonchev–Trinajstić information content (AvgIpc) is 2.56. The Balaban J connectivity index is 0.00000242. The highest BCUT2D eigenvalue weighted by atomic mass is 35.5. The molecule has 0 bridgehead atoms. The van der Waals surface area contributed by atoms with Crippen LogP contribution in [0.5, 0.6) is 0 Å². The number of para-hydroxylation sites is 1. The molecule has 1 aliphatic heterocycles. The van der Waals surface area contributed by atoms with Gasteiger partial charge in [0.25, 0.3) is 0 Å². The van der Waals surface area contributed by atoms with E-state index in [-0.39, 0.29) is 30.7 Å². The van der Waals surface area contributed by atoms with Crippen LogP contribution in [0.1, 0.15) is 12.8 Å². The van der Waals surface area contributed by atoms with Crippen molar-refractivity contribution < 1.29 is 9.53 Å². The number of nitrogens with one attached hydrogen (secondary N) is 1. The second-order valence-corrected chi connectivity index (χ2v) is 5.61. The molecule has 23 heavy (non-hydrogen) atoms. The number of amides is 1. The van der Waals surface area contributed by atoms with Crippen molar-refractivity contribution in [3.05, 3.63) is 30.3 Å². The molecule has 1 aliphatic rings. The summed E-state index contributed by atoms with van der Waals surface area (Å²) in [7, 11) is 2.02. The Kier molecular flexibility index (Phi) is 10.2. The van der Waals surface area contributed by atoms with Crippen LogP contribution in [0.3, 0.4) is 0 Å². The molecule has 1 aromatic carbocycles. The maximum Gasteiger partial charge on any atom is 0.227 e. The van der Waals surface area contributed by atoms with E-state index in [0.717, 1.165) is 12.2 Å². The first-order valence-corrected chi connectivity index (χ1v) is 7.50. The molecule has 3 N–H and O–H groups in total. The maximum atomic E-state index is 12.4. The van der Waals surface area contributed by atoms with Crippen molar-refractivity contribution in [1.82, 2.24) is 5.32 Å². The second kappa shape index (κ2) is 10.7. The second-order valence-electron chi connectivity index (χ2n) is 5.61. The number of ether oxygens (including phenoxy) is 1. The lowest BCUT2D eigenvalue weighted by molar-refractivity contribution is -0.135. The first kappa shape index (κ1) is 22.0. The molecule has 0 aromatic heterocycles. The fourth-order valence-electron chi connectivity index (χ4n) is 2.62. The highest BCUT2D eigenvalue weighted by Crippen LogP contribution is 2.29. The van der Waals surface area contributed by atoms with Gasteiger partial charge in [0.15, 0.2) is 0 Å². The standard InChI is InChI=1S/C16H25N3O2.2ClH/c1-19(14-5-3-2-4-6-14)10-9-18-15(20)16(13-17)7-11-21-12-8-16;;/h2-6H,7-13,17H2,1H3,(H,18,20);2*1H. The van der Waals surface area contributed by atoms with Crippen molar-refractivity contribution in [3.63, 3.8) is 0 Å². The minimum Gasteiger partial charge on any atom is -0.381 e. The summed E-state index contributed by atoms with van der Waals surface area (Å²) in [6, 6.07) is 10.1. The van der Waals surface area contributed by atoms with Crippen LogP contribution >= 0.6 is 24.8 Å². The zero-order valence-corrected chi connectivity index (χ0v) is 15.1. The van der Waals surface area contributed by atoms with Gasteiger partial charge >= 0.3 is 0 Å². The van der Waals surface area contributed by atoms with Gasteiger partial charge in [-0.3, -0.25) is 4.79 Å². The number of carbonyl (C=O) groups is 1. The minimum absolute atomic E-state index is 0. The fraction of sp³-hybridized carbons (Fsp3) is 0.562. The molecular weight excluding hydrogens is 337 g/mol. The molecule has 0 saturated carbocycles. The number of nitrogens with zero attached hydrogens (tertiary/aromatic N) is 1. The van der Waals surface area contributed by atoms with Gasteiger partial charge in [-0.2, -0.15) is 0 Å². The number of hydrogen-bond donors (Lipinski definition) is 2. The van der Waals surface area contributed by atoms with Gasteiger partial charge in [-0.15, -0.1) is 24.8 Å². The Hall–Kier alpha value is -1.01. The van der Waals surface area contributed by atoms with Crippen molar-refractivity contribution in [1.29, 1.82) is 0 Å². The van der Waals surface area contributed by atoms with Gasteiger partial charge in [-0.05, 0) is 25.0 Å². The Morgan fingerprint density at radius 1 is 1.26 bits per heavy atom. The molecule has 1 saturated heterocycles. The molecule has 132 valence electrons. The van der Waals surface area contributed by atoms with Crippen LogP contribution in [0.25, 0.3) is 0 Å². The quantitative estimate of drug-likeness (QED) is 0.808. The summed E-state index contributed by atoms with van der Waals surface area (Å²) < 4.78 is 5.33. The van der Waals surface area contributed by atoms with Crippen LogP contribution < -0.4 is 16.0 Å². The molecule has 7 heteroatoms. The molecule has 0 spiro atoms. The molecule has 0 radical (unpaired) electrons. The molecule has 1 fully saturated rings. The van der Waals surface area contributed by atoms with E-state index in [1.54, 1.807) is 0 Å². The summed E-state index contributed by atoms with van der Waals surface area (Å²) >= 11 is 0. The van der Waals surface area contributed by atoms with Crippen LogP contribution in [0, 0.1) is 5.41 Å². The molecule has 1 heterocycles. The van der Waals surface area contributed by atoms with E-state index < -0.39 is 5.41 Å². The lowest BCUT2D eigenvalue weighted by Gasteiger charge is -2.34. The van der Waals surface area contributed by atoms with Crippen molar-refractivity contribution in [2.75, 3.05) is 44.8 Å². The summed E-state index contributed by atoms with van der Waals surface area (Å²) in [6.07, 6.45) is 1.42. The maximum absolute atomic E-state index is 12.4. The largest absolute Gasteiger partial charge is 0.381 e. The smallest absolute Gasteiger partial charge is 0.227 e. The number of likely N-dealkylation sites (N-methyl/N-ethyl adjacent to an activating group) is 1. The lowest BCUT2D eigenvalue weighted by atomic mass is 9.79. The number of benzene rings is 1. The first-order chi connectivity index (χ1) is 10.2. The monoisotopic (exact) mass is 363 g/mol. The van der Waals surface area contributed by atoms with Crippen LogP contribution in [-0.4, -0.2) is 45.8 Å². The summed E-state index contributed by atoms with van der Waals surface area (Å²) in [5.74, 6) is 0.0646. The molecule has 0 atom stereocenters. The number of carbonyl (C=O) groups excluding carboxylic acids is 1. The topological polar surface area (TPSA) is 67.6 Å². The van der Waals surface area contributed by atoms with E-state index >= 15 is 0 Å². The van der Waals surface area contributed by atoms with Crippen molar-refractivity contribution in [2.24, 2.45) is 11.1 Å². The first-order valence-electron chi connectivity index (χ1n) is 7.50. The van der Waals surface area contributed by atoms with Crippen LogP contribution in [0.15, 0.2) is 30.3 Å². The average molecular weight is 364 g/mol. The van der Waals surface area contributed by atoms with E-state index in [1.165, 1.54) is 0 Å². The Morgan fingerprint density at radius 2 is 1.87 bits per heavy atom. The van der Waals surface area contributed by atoms with Gasteiger partial charge in [0, 0.05) is 45.6 Å². The van der Waals surface area contributed by atoms with E-state index in [9.17, 15) is 4.79 Å². The number of halogens is 2. The fourth-order valence-corrected chi connectivity index (χ4v) is 2.62. The van der Waals surface area contributed by atoms with Crippen LogP contribution in [0.4, 0.5) is 5.69 Å². The lowest BCUT2D eigenvalue weighted by Crippen LogP contribution is -2.50. The number of rotatable bonds is 6. The van der Waals surface area contributed by atoms with Crippen molar-refractivity contribution in [2.45, 2.75) is 12.8 Å². The highest BCUT2D eigenvalue weighted by Gasteiger charge is 2.38. The Bertz CT molecular complexity index is 454. The summed E-state index contributed by atoms with van der Waals surface area (Å²) in [6.45, 7) is 3.01. The summed E-state index contributed by atoms with van der Waals surface area (Å²) in [4.78, 5) is 14.5. The van der Waals surface area contributed by atoms with Crippen molar-refractivity contribution in [3.8, 4) is 0 Å². The molecule has 0 aliphatic carbocycles. The summed E-state index contributed by atoms with van der Waals surface area (Å²) in [5, 5.41) is 3.03. The number of nitrogens with two attached hydrogens (primary N) is 1. The predicted octanol–water partition coefficient (Wildman–Crippen LogP) is 1.84. The van der Waals surface area contributed by atoms with Gasteiger partial charge in [0.1, 0.15) is 0 Å².